The maximum Gasteiger partial charge on any atom is 0.265 e. The Labute approximate surface area is 100 Å². The molecule has 2 rings (SSSR count). The highest BCUT2D eigenvalue weighted by Gasteiger charge is 2.04. The molecular formula is C14H14N2O. The van der Waals surface area contributed by atoms with E-state index in [1.54, 1.807) is 6.07 Å². The molecule has 0 aromatic heterocycles. The molecule has 3 heteroatoms. The summed E-state index contributed by atoms with van der Waals surface area (Å²) in [5, 5.41) is 0. The van der Waals surface area contributed by atoms with Crippen molar-refractivity contribution in [2.75, 3.05) is 0 Å². The molecule has 0 spiro atoms. The van der Waals surface area contributed by atoms with Crippen LogP contribution in [0.15, 0.2) is 54.6 Å². The normalized spacial score (nSPS) is 9.94. The maximum atomic E-state index is 11.4. The molecule has 0 aliphatic rings. The lowest BCUT2D eigenvalue weighted by molar-refractivity contribution is 0.0953. The monoisotopic (exact) mass is 226 g/mol. The first-order valence-electron chi connectivity index (χ1n) is 5.43. The molecule has 0 saturated heterocycles. The minimum absolute atomic E-state index is 0.264. The summed E-state index contributed by atoms with van der Waals surface area (Å²) in [5.74, 6) is 4.84. The van der Waals surface area contributed by atoms with Crippen molar-refractivity contribution in [1.82, 2.24) is 5.43 Å². The van der Waals surface area contributed by atoms with E-state index in [1.165, 1.54) is 5.56 Å². The average molecular weight is 226 g/mol. The molecule has 0 heterocycles. The molecule has 0 aliphatic carbocycles. The van der Waals surface area contributed by atoms with E-state index in [0.29, 0.717) is 5.56 Å². The van der Waals surface area contributed by atoms with Gasteiger partial charge in [0.1, 0.15) is 0 Å². The van der Waals surface area contributed by atoms with Crippen LogP contribution in [0, 0.1) is 0 Å². The van der Waals surface area contributed by atoms with Gasteiger partial charge in [-0.2, -0.15) is 0 Å². The number of nitrogens with two attached hydrogens (primary N) is 1. The van der Waals surface area contributed by atoms with E-state index in [-0.39, 0.29) is 5.91 Å². The van der Waals surface area contributed by atoms with Gasteiger partial charge in [-0.15, -0.1) is 0 Å². The van der Waals surface area contributed by atoms with Crippen molar-refractivity contribution >= 4 is 5.91 Å². The van der Waals surface area contributed by atoms with Gasteiger partial charge in [0.05, 0.1) is 0 Å². The highest BCUT2D eigenvalue weighted by molar-refractivity contribution is 5.93. The first-order valence-corrected chi connectivity index (χ1v) is 5.43. The minimum Gasteiger partial charge on any atom is -0.290 e. The van der Waals surface area contributed by atoms with Gasteiger partial charge in [0.15, 0.2) is 0 Å². The second-order valence-electron chi connectivity index (χ2n) is 3.84. The van der Waals surface area contributed by atoms with E-state index in [2.05, 4.69) is 17.6 Å². The van der Waals surface area contributed by atoms with Crippen molar-refractivity contribution in [2.45, 2.75) is 6.42 Å². The number of carbonyl (C=O) groups excluding carboxylic acids is 1. The Hall–Kier alpha value is -2.13. The molecule has 0 saturated carbocycles. The molecule has 17 heavy (non-hydrogen) atoms. The fraction of sp³-hybridized carbons (Fsp3) is 0.0714. The van der Waals surface area contributed by atoms with Crippen LogP contribution in [0.2, 0.25) is 0 Å². The van der Waals surface area contributed by atoms with Gasteiger partial charge >= 0.3 is 0 Å². The fourth-order valence-electron chi connectivity index (χ4n) is 1.74. The highest BCUT2D eigenvalue weighted by Crippen LogP contribution is 2.11. The Kier molecular flexibility index (Phi) is 3.52. The molecule has 0 atom stereocenters. The van der Waals surface area contributed by atoms with Gasteiger partial charge in [-0.05, 0) is 29.7 Å². The second-order valence-corrected chi connectivity index (χ2v) is 3.84. The van der Waals surface area contributed by atoms with E-state index < -0.39 is 0 Å². The summed E-state index contributed by atoms with van der Waals surface area (Å²) in [6.07, 6.45) is 0.812. The van der Waals surface area contributed by atoms with Crippen molar-refractivity contribution in [3.8, 4) is 0 Å². The van der Waals surface area contributed by atoms with Gasteiger partial charge < -0.3 is 0 Å². The molecule has 0 radical (unpaired) electrons. The van der Waals surface area contributed by atoms with Crippen molar-refractivity contribution < 1.29 is 4.79 Å². The summed E-state index contributed by atoms with van der Waals surface area (Å²) in [7, 11) is 0. The number of hydrogen-bond acceptors (Lipinski definition) is 2. The number of nitrogen functional groups attached to an aromatic ring is 1. The molecule has 86 valence electrons. The van der Waals surface area contributed by atoms with E-state index in [4.69, 9.17) is 5.84 Å². The van der Waals surface area contributed by atoms with Crippen LogP contribution in [-0.2, 0) is 6.42 Å². The molecule has 0 unspecified atom stereocenters. The largest absolute Gasteiger partial charge is 0.290 e. The SMILES string of the molecule is NNC(=O)c1cccc(Cc2ccccc2)c1. The first-order chi connectivity index (χ1) is 8.29. The van der Waals surface area contributed by atoms with Gasteiger partial charge in [0.25, 0.3) is 5.91 Å². The Balaban J connectivity index is 2.20. The molecule has 2 aromatic carbocycles. The lowest BCUT2D eigenvalue weighted by Gasteiger charge is -2.04. The zero-order valence-corrected chi connectivity index (χ0v) is 9.39. The zero-order valence-electron chi connectivity index (χ0n) is 9.39. The van der Waals surface area contributed by atoms with Crippen molar-refractivity contribution in [3.05, 3.63) is 71.3 Å². The number of benzene rings is 2. The van der Waals surface area contributed by atoms with E-state index >= 15 is 0 Å². The van der Waals surface area contributed by atoms with Gasteiger partial charge in [0, 0.05) is 5.56 Å². The zero-order chi connectivity index (χ0) is 12.1. The van der Waals surface area contributed by atoms with Crippen LogP contribution in [0.4, 0.5) is 0 Å². The lowest BCUT2D eigenvalue weighted by atomic mass is 10.0. The Morgan fingerprint density at radius 1 is 1.00 bits per heavy atom. The molecular weight excluding hydrogens is 212 g/mol. The van der Waals surface area contributed by atoms with Crippen LogP contribution < -0.4 is 11.3 Å². The predicted molar refractivity (Wildman–Crippen MR) is 67.3 cm³/mol. The number of amides is 1. The standard InChI is InChI=1S/C14H14N2O/c15-16-14(17)13-8-4-7-12(10-13)9-11-5-2-1-3-6-11/h1-8,10H,9,15H2,(H,16,17). The van der Waals surface area contributed by atoms with Crippen LogP contribution in [0.25, 0.3) is 0 Å². The molecule has 1 amide bonds. The summed E-state index contributed by atoms with van der Waals surface area (Å²) < 4.78 is 0. The fourth-order valence-corrected chi connectivity index (χ4v) is 1.74. The number of hydrogen-bond donors (Lipinski definition) is 2. The van der Waals surface area contributed by atoms with Gasteiger partial charge in [0.2, 0.25) is 0 Å². The maximum absolute atomic E-state index is 11.4. The van der Waals surface area contributed by atoms with Gasteiger partial charge in [-0.25, -0.2) is 5.84 Å². The Bertz CT molecular complexity index is 509. The minimum atomic E-state index is -0.264. The highest BCUT2D eigenvalue weighted by atomic mass is 16.2. The van der Waals surface area contributed by atoms with Crippen LogP contribution in [0.5, 0.6) is 0 Å². The quantitative estimate of drug-likeness (QED) is 0.477. The average Bonchev–Trinajstić information content (AvgIpc) is 2.39. The van der Waals surface area contributed by atoms with Gasteiger partial charge in [-0.1, -0.05) is 42.5 Å². The first kappa shape index (κ1) is 11.4. The Morgan fingerprint density at radius 3 is 2.41 bits per heavy atom. The predicted octanol–water partition coefficient (Wildman–Crippen LogP) is 1.88. The number of carbonyl (C=O) groups is 1. The van der Waals surface area contributed by atoms with Crippen molar-refractivity contribution in [2.24, 2.45) is 5.84 Å². The number of rotatable bonds is 3. The van der Waals surface area contributed by atoms with E-state index in [1.807, 2.05) is 36.4 Å². The topological polar surface area (TPSA) is 55.1 Å². The van der Waals surface area contributed by atoms with Crippen molar-refractivity contribution in [3.63, 3.8) is 0 Å². The molecule has 2 aromatic rings. The third-order valence-corrected chi connectivity index (χ3v) is 2.57. The third-order valence-electron chi connectivity index (χ3n) is 2.57. The molecule has 0 aliphatic heterocycles. The van der Waals surface area contributed by atoms with E-state index in [0.717, 1.165) is 12.0 Å². The summed E-state index contributed by atoms with van der Waals surface area (Å²) in [4.78, 5) is 11.4. The van der Waals surface area contributed by atoms with E-state index in [9.17, 15) is 4.79 Å². The smallest absolute Gasteiger partial charge is 0.265 e. The second kappa shape index (κ2) is 5.27. The molecule has 0 bridgehead atoms. The molecule has 0 fully saturated rings. The summed E-state index contributed by atoms with van der Waals surface area (Å²) in [5.41, 5.74) is 5.03. The molecule has 3 N–H and O–H groups in total. The summed E-state index contributed by atoms with van der Waals surface area (Å²) in [6, 6.07) is 17.6. The van der Waals surface area contributed by atoms with Gasteiger partial charge in [-0.3, -0.25) is 10.2 Å². The summed E-state index contributed by atoms with van der Waals surface area (Å²) in [6.45, 7) is 0. The van der Waals surface area contributed by atoms with Crippen LogP contribution >= 0.6 is 0 Å². The number of hydrazine groups is 1. The van der Waals surface area contributed by atoms with Crippen molar-refractivity contribution in [1.29, 1.82) is 0 Å². The summed E-state index contributed by atoms with van der Waals surface area (Å²) >= 11 is 0. The number of nitrogens with one attached hydrogen (secondary N) is 1. The lowest BCUT2D eigenvalue weighted by Crippen LogP contribution is -2.29. The van der Waals surface area contributed by atoms with Crippen LogP contribution in [0.3, 0.4) is 0 Å². The Morgan fingerprint density at radius 2 is 1.71 bits per heavy atom. The van der Waals surface area contributed by atoms with Crippen LogP contribution in [0.1, 0.15) is 21.5 Å². The third kappa shape index (κ3) is 2.92. The molecule has 3 nitrogen and oxygen atoms in total. The van der Waals surface area contributed by atoms with Crippen LogP contribution in [-0.4, -0.2) is 5.91 Å².